The largest absolute Gasteiger partial charge is 0.530 e. The number of carbonyl (C=O) groups excluding carboxylic acids is 1. The van der Waals surface area contributed by atoms with Gasteiger partial charge in [-0.3, -0.25) is 0 Å². The van der Waals surface area contributed by atoms with Crippen molar-refractivity contribution in [2.24, 2.45) is 0 Å². The first-order chi connectivity index (χ1) is 8.61. The molecule has 0 aromatic heterocycles. The van der Waals surface area contributed by atoms with Gasteiger partial charge in [-0.25, -0.2) is 4.79 Å². The Bertz CT molecular complexity index is 261. The van der Waals surface area contributed by atoms with Crippen molar-refractivity contribution in [2.75, 3.05) is 34.5 Å². The summed E-state index contributed by atoms with van der Waals surface area (Å²) in [5.74, 6) is 0. The molecule has 18 heavy (non-hydrogen) atoms. The van der Waals surface area contributed by atoms with Crippen molar-refractivity contribution in [3.63, 3.8) is 0 Å². The number of hydrogen-bond acceptors (Lipinski definition) is 7. The zero-order valence-electron chi connectivity index (χ0n) is 11.1. The minimum absolute atomic E-state index is 0.205. The Morgan fingerprint density at radius 3 is 2.33 bits per heavy atom. The van der Waals surface area contributed by atoms with Crippen molar-refractivity contribution in [3.05, 3.63) is 0 Å². The Morgan fingerprint density at radius 2 is 1.94 bits per heavy atom. The Balaban J connectivity index is 2.52. The Kier molecular flexibility index (Phi) is 6.02. The standard InChI is InChI=1S/C10H20O7Si/c1-5-9(18(12-2,13-3)14-4)15-6-8-7-16-10(11)17-8/h8-9H,5-7H2,1-4H3. The molecule has 0 aromatic carbocycles. The van der Waals surface area contributed by atoms with Gasteiger partial charge in [-0.2, -0.15) is 0 Å². The highest BCUT2D eigenvalue weighted by Crippen LogP contribution is 2.19. The first-order valence-electron chi connectivity index (χ1n) is 5.72. The molecule has 0 radical (unpaired) electrons. The van der Waals surface area contributed by atoms with Gasteiger partial charge in [-0.15, -0.1) is 0 Å². The third-order valence-electron chi connectivity index (χ3n) is 2.75. The maximum absolute atomic E-state index is 10.8. The average molecular weight is 280 g/mol. The topological polar surface area (TPSA) is 72.5 Å². The second-order valence-corrected chi connectivity index (χ2v) is 6.82. The third-order valence-corrected chi connectivity index (χ3v) is 5.82. The summed E-state index contributed by atoms with van der Waals surface area (Å²) >= 11 is 0. The molecule has 0 bridgehead atoms. The first kappa shape index (κ1) is 15.4. The van der Waals surface area contributed by atoms with Gasteiger partial charge in [-0.1, -0.05) is 6.92 Å². The Labute approximate surface area is 108 Å². The fraction of sp³-hybridized carbons (Fsp3) is 0.900. The predicted molar refractivity (Wildman–Crippen MR) is 63.0 cm³/mol. The number of cyclic esters (lactones) is 2. The molecule has 2 atom stereocenters. The van der Waals surface area contributed by atoms with Crippen LogP contribution in [0.3, 0.4) is 0 Å². The molecule has 0 aliphatic carbocycles. The van der Waals surface area contributed by atoms with Gasteiger partial charge >= 0.3 is 15.0 Å². The van der Waals surface area contributed by atoms with E-state index in [0.717, 1.165) is 0 Å². The van der Waals surface area contributed by atoms with Crippen LogP contribution in [0.4, 0.5) is 4.79 Å². The molecule has 2 unspecified atom stereocenters. The van der Waals surface area contributed by atoms with Crippen LogP contribution in [0.5, 0.6) is 0 Å². The van der Waals surface area contributed by atoms with E-state index in [-0.39, 0.29) is 25.0 Å². The highest BCUT2D eigenvalue weighted by molar-refractivity contribution is 6.62. The van der Waals surface area contributed by atoms with E-state index in [1.54, 1.807) is 0 Å². The second-order valence-electron chi connectivity index (χ2n) is 3.75. The van der Waals surface area contributed by atoms with Gasteiger partial charge < -0.3 is 27.5 Å². The van der Waals surface area contributed by atoms with Crippen LogP contribution in [0.2, 0.25) is 0 Å². The van der Waals surface area contributed by atoms with Crippen molar-refractivity contribution < 1.29 is 32.3 Å². The van der Waals surface area contributed by atoms with E-state index in [2.05, 4.69) is 4.74 Å². The van der Waals surface area contributed by atoms with E-state index in [1.165, 1.54) is 21.3 Å². The summed E-state index contributed by atoms with van der Waals surface area (Å²) in [6, 6.07) is 0. The summed E-state index contributed by atoms with van der Waals surface area (Å²) < 4.78 is 31.3. The van der Waals surface area contributed by atoms with Gasteiger partial charge in [0, 0.05) is 21.3 Å². The molecule has 1 fully saturated rings. The lowest BCUT2D eigenvalue weighted by molar-refractivity contribution is -0.0179. The average Bonchev–Trinajstić information content (AvgIpc) is 2.81. The van der Waals surface area contributed by atoms with Gasteiger partial charge in [-0.05, 0) is 6.42 Å². The maximum Gasteiger partial charge on any atom is 0.530 e. The second kappa shape index (κ2) is 7.05. The molecule has 0 spiro atoms. The lowest BCUT2D eigenvalue weighted by Gasteiger charge is -2.31. The predicted octanol–water partition coefficient (Wildman–Crippen LogP) is 0.734. The molecule has 8 heteroatoms. The van der Waals surface area contributed by atoms with Crippen LogP contribution in [0.1, 0.15) is 13.3 Å². The maximum atomic E-state index is 10.8. The molecule has 1 rings (SSSR count). The van der Waals surface area contributed by atoms with Crippen LogP contribution < -0.4 is 0 Å². The first-order valence-corrected chi connectivity index (χ1v) is 7.52. The minimum atomic E-state index is -2.84. The SMILES string of the molecule is CCC(OCC1COC(=O)O1)[Si](OC)(OC)OC. The molecule has 1 aliphatic rings. The smallest absolute Gasteiger partial charge is 0.430 e. The molecule has 0 saturated carbocycles. The van der Waals surface area contributed by atoms with Crippen LogP contribution in [-0.4, -0.2) is 61.3 Å². The van der Waals surface area contributed by atoms with Crippen LogP contribution >= 0.6 is 0 Å². The summed E-state index contributed by atoms with van der Waals surface area (Å²) in [4.78, 5) is 10.8. The summed E-state index contributed by atoms with van der Waals surface area (Å²) in [5, 5.41) is 0. The highest BCUT2D eigenvalue weighted by Gasteiger charge is 2.48. The summed E-state index contributed by atoms with van der Waals surface area (Å²) in [6.07, 6.45) is -0.377. The molecule has 1 saturated heterocycles. The van der Waals surface area contributed by atoms with Crippen molar-refractivity contribution in [2.45, 2.75) is 25.2 Å². The molecule has 0 N–H and O–H groups in total. The zero-order valence-corrected chi connectivity index (χ0v) is 12.1. The monoisotopic (exact) mass is 280 g/mol. The van der Waals surface area contributed by atoms with Gasteiger partial charge in [0.25, 0.3) is 0 Å². The lowest BCUT2D eigenvalue weighted by Crippen LogP contribution is -2.55. The minimum Gasteiger partial charge on any atom is -0.430 e. The van der Waals surface area contributed by atoms with Gasteiger partial charge in [0.1, 0.15) is 12.3 Å². The quantitative estimate of drug-likeness (QED) is 0.479. The molecule has 1 heterocycles. The van der Waals surface area contributed by atoms with Crippen LogP contribution in [0.15, 0.2) is 0 Å². The van der Waals surface area contributed by atoms with Crippen LogP contribution in [0, 0.1) is 0 Å². The van der Waals surface area contributed by atoms with Gasteiger partial charge in [0.05, 0.1) is 6.61 Å². The van der Waals surface area contributed by atoms with E-state index in [0.29, 0.717) is 6.42 Å². The zero-order chi connectivity index (χ0) is 13.6. The van der Waals surface area contributed by atoms with E-state index < -0.39 is 15.0 Å². The molecule has 0 amide bonds. The Hall–Kier alpha value is -0.673. The number of carbonyl (C=O) groups is 1. The summed E-state index contributed by atoms with van der Waals surface area (Å²) in [7, 11) is 1.76. The third kappa shape index (κ3) is 3.42. The molecular formula is C10H20O7Si. The summed E-state index contributed by atoms with van der Waals surface area (Å²) in [6.45, 7) is 2.38. The summed E-state index contributed by atoms with van der Waals surface area (Å²) in [5.41, 5.74) is -0.309. The Morgan fingerprint density at radius 1 is 1.33 bits per heavy atom. The lowest BCUT2D eigenvalue weighted by atomic mass is 10.4. The fourth-order valence-electron chi connectivity index (χ4n) is 1.78. The molecule has 0 aromatic rings. The molecule has 106 valence electrons. The normalized spacial score (nSPS) is 21.6. The highest BCUT2D eigenvalue weighted by atomic mass is 28.4. The van der Waals surface area contributed by atoms with Crippen LogP contribution in [0.25, 0.3) is 0 Å². The van der Waals surface area contributed by atoms with Gasteiger partial charge in [0.2, 0.25) is 0 Å². The van der Waals surface area contributed by atoms with Gasteiger partial charge in [0.15, 0.2) is 6.10 Å². The number of hydrogen-bond donors (Lipinski definition) is 0. The van der Waals surface area contributed by atoms with E-state index in [4.69, 9.17) is 22.8 Å². The van der Waals surface area contributed by atoms with E-state index in [9.17, 15) is 4.79 Å². The van der Waals surface area contributed by atoms with Crippen molar-refractivity contribution >= 4 is 15.0 Å². The number of ether oxygens (including phenoxy) is 3. The van der Waals surface area contributed by atoms with Crippen LogP contribution in [-0.2, 0) is 27.5 Å². The number of rotatable bonds is 8. The molecular weight excluding hydrogens is 260 g/mol. The van der Waals surface area contributed by atoms with Crippen molar-refractivity contribution in [1.29, 1.82) is 0 Å². The molecule has 1 aliphatic heterocycles. The van der Waals surface area contributed by atoms with Crippen molar-refractivity contribution in [3.8, 4) is 0 Å². The van der Waals surface area contributed by atoms with E-state index >= 15 is 0 Å². The van der Waals surface area contributed by atoms with E-state index in [1.807, 2.05) is 6.92 Å². The van der Waals surface area contributed by atoms with Crippen molar-refractivity contribution in [1.82, 2.24) is 0 Å². The molecule has 7 nitrogen and oxygen atoms in total. The fourth-order valence-corrected chi connectivity index (χ4v) is 3.87.